The third kappa shape index (κ3) is 1.15. The maximum Gasteiger partial charge on any atom is 0.314 e. The Kier molecular flexibility index (Phi) is 1.79. The smallest absolute Gasteiger partial charge is 0.314 e. The lowest BCUT2D eigenvalue weighted by atomic mass is 9.83. The largest absolute Gasteiger partial charge is 0.333 e. The summed E-state index contributed by atoms with van der Waals surface area (Å²) in [6.07, 6.45) is 0. The van der Waals surface area contributed by atoms with Crippen LogP contribution in [-0.2, 0) is 0 Å². The Morgan fingerprint density at radius 1 is 1.57 bits per heavy atom. The van der Waals surface area contributed by atoms with E-state index in [2.05, 4.69) is 4.90 Å². The Bertz CT molecular complexity index is 490. The first kappa shape index (κ1) is 8.44. The summed E-state index contributed by atoms with van der Waals surface area (Å²) < 4.78 is 0. The van der Waals surface area contributed by atoms with E-state index in [0.717, 1.165) is 5.46 Å². The summed E-state index contributed by atoms with van der Waals surface area (Å²) in [5.41, 5.74) is 1.47. The Hall–Kier alpha value is -2.16. The number of nitriles is 1. The molecule has 2 rings (SSSR count). The van der Waals surface area contributed by atoms with Gasteiger partial charge in [-0.05, 0) is 5.46 Å². The van der Waals surface area contributed by atoms with Crippen molar-refractivity contribution >= 4 is 24.3 Å². The SMILES string of the molecule is N#CC1=N[B]c2ccc([N+](=O)[O-])cc21. The minimum absolute atomic E-state index is 0.0259. The van der Waals surface area contributed by atoms with Crippen LogP contribution in [0.1, 0.15) is 5.56 Å². The Balaban J connectivity index is 2.55. The van der Waals surface area contributed by atoms with Crippen molar-refractivity contribution in [3.63, 3.8) is 0 Å². The molecule has 1 aromatic rings. The van der Waals surface area contributed by atoms with Crippen molar-refractivity contribution in [2.75, 3.05) is 0 Å². The topological polar surface area (TPSA) is 79.3 Å². The quantitative estimate of drug-likeness (QED) is 0.354. The van der Waals surface area contributed by atoms with Gasteiger partial charge in [-0.2, -0.15) is 5.26 Å². The molecule has 1 aliphatic heterocycles. The van der Waals surface area contributed by atoms with Gasteiger partial charge in [-0.1, -0.05) is 6.07 Å². The van der Waals surface area contributed by atoms with Crippen LogP contribution in [0.2, 0.25) is 0 Å². The molecule has 5 nitrogen and oxygen atoms in total. The summed E-state index contributed by atoms with van der Waals surface area (Å²) in [6, 6.07) is 6.22. The number of non-ortho nitro benzene ring substituents is 1. The molecule has 0 saturated heterocycles. The molecule has 0 bridgehead atoms. The van der Waals surface area contributed by atoms with Crippen LogP contribution in [0.3, 0.4) is 0 Å². The molecule has 1 aliphatic rings. The van der Waals surface area contributed by atoms with Crippen LogP contribution >= 0.6 is 0 Å². The van der Waals surface area contributed by atoms with Gasteiger partial charge in [0.05, 0.1) is 4.92 Å². The molecule has 1 radical (unpaired) electrons. The summed E-state index contributed by atoms with van der Waals surface area (Å²) in [4.78, 5) is 13.8. The first-order valence-electron chi connectivity index (χ1n) is 3.82. The molecule has 0 fully saturated rings. The van der Waals surface area contributed by atoms with E-state index in [9.17, 15) is 10.1 Å². The van der Waals surface area contributed by atoms with E-state index >= 15 is 0 Å². The van der Waals surface area contributed by atoms with Gasteiger partial charge in [-0.25, -0.2) is 0 Å². The van der Waals surface area contributed by atoms with Crippen molar-refractivity contribution < 1.29 is 4.92 Å². The van der Waals surface area contributed by atoms with Gasteiger partial charge in [-0.15, -0.1) is 0 Å². The number of nitro groups is 1. The molecule has 0 unspecified atom stereocenters. The molecule has 0 aromatic heterocycles. The minimum Gasteiger partial charge on any atom is -0.333 e. The van der Waals surface area contributed by atoms with E-state index in [1.807, 2.05) is 6.07 Å². The van der Waals surface area contributed by atoms with Crippen LogP contribution < -0.4 is 5.46 Å². The first-order valence-corrected chi connectivity index (χ1v) is 3.82. The molecule has 1 aromatic carbocycles. The highest BCUT2D eigenvalue weighted by molar-refractivity contribution is 6.60. The maximum atomic E-state index is 10.5. The molecule has 14 heavy (non-hydrogen) atoms. The van der Waals surface area contributed by atoms with Crippen LogP contribution in [0.4, 0.5) is 5.69 Å². The van der Waals surface area contributed by atoms with Crippen LogP contribution in [-0.4, -0.2) is 18.0 Å². The Morgan fingerprint density at radius 2 is 2.36 bits per heavy atom. The summed E-state index contributed by atoms with van der Waals surface area (Å²) in [6.45, 7) is 0. The zero-order chi connectivity index (χ0) is 10.1. The van der Waals surface area contributed by atoms with Crippen molar-refractivity contribution in [3.05, 3.63) is 33.9 Å². The fourth-order valence-electron chi connectivity index (χ4n) is 1.27. The van der Waals surface area contributed by atoms with Crippen molar-refractivity contribution in [3.8, 4) is 6.07 Å². The van der Waals surface area contributed by atoms with Crippen molar-refractivity contribution in [1.29, 1.82) is 5.26 Å². The van der Waals surface area contributed by atoms with E-state index in [-0.39, 0.29) is 11.4 Å². The van der Waals surface area contributed by atoms with Crippen LogP contribution in [0.25, 0.3) is 0 Å². The number of hydrogen-bond donors (Lipinski definition) is 0. The highest BCUT2D eigenvalue weighted by atomic mass is 16.6. The molecule has 0 N–H and O–H groups in total. The monoisotopic (exact) mass is 184 g/mol. The number of rotatable bonds is 1. The second-order valence-electron chi connectivity index (χ2n) is 2.75. The van der Waals surface area contributed by atoms with Gasteiger partial charge in [0.1, 0.15) is 11.8 Å². The molecule has 0 atom stereocenters. The lowest BCUT2D eigenvalue weighted by Gasteiger charge is -1.97. The Morgan fingerprint density at radius 3 is 3.00 bits per heavy atom. The second-order valence-corrected chi connectivity index (χ2v) is 2.75. The fourth-order valence-corrected chi connectivity index (χ4v) is 1.27. The van der Waals surface area contributed by atoms with Crippen LogP contribution in [0.15, 0.2) is 23.1 Å². The molecule has 65 valence electrons. The average Bonchev–Trinajstić information content (AvgIpc) is 2.59. The summed E-state index contributed by atoms with van der Waals surface area (Å²) >= 11 is 0. The summed E-state index contributed by atoms with van der Waals surface area (Å²) in [5.74, 6) is 0. The predicted octanol–water partition coefficient (Wildman–Crippen LogP) is 0.166. The minimum atomic E-state index is -0.492. The molecular formula is C8H3BN3O2. The first-order chi connectivity index (χ1) is 6.72. The maximum absolute atomic E-state index is 10.5. The lowest BCUT2D eigenvalue weighted by Crippen LogP contribution is -2.13. The second kappa shape index (κ2) is 2.96. The van der Waals surface area contributed by atoms with Crippen molar-refractivity contribution in [2.24, 2.45) is 4.90 Å². The molecule has 1 heterocycles. The van der Waals surface area contributed by atoms with Gasteiger partial charge in [-0.3, -0.25) is 10.1 Å². The standard InChI is InChI=1S/C8H3BN3O2/c10-4-8-6-3-5(12(13)14)1-2-7(6)9-11-8/h1-3H. The van der Waals surface area contributed by atoms with E-state index in [4.69, 9.17) is 5.26 Å². The normalized spacial score (nSPS) is 12.4. The third-order valence-corrected chi connectivity index (χ3v) is 1.94. The fraction of sp³-hybridized carbons (Fsp3) is 0. The van der Waals surface area contributed by atoms with E-state index in [0.29, 0.717) is 5.56 Å². The molecule has 6 heteroatoms. The highest BCUT2D eigenvalue weighted by Crippen LogP contribution is 2.14. The molecule has 0 spiro atoms. The van der Waals surface area contributed by atoms with Gasteiger partial charge < -0.3 is 4.90 Å². The predicted molar refractivity (Wildman–Crippen MR) is 50.6 cm³/mol. The number of benzene rings is 1. The average molecular weight is 184 g/mol. The van der Waals surface area contributed by atoms with Crippen molar-refractivity contribution in [1.82, 2.24) is 0 Å². The highest BCUT2D eigenvalue weighted by Gasteiger charge is 2.19. The number of nitro benzene ring substituents is 1. The van der Waals surface area contributed by atoms with E-state index < -0.39 is 4.92 Å². The zero-order valence-electron chi connectivity index (χ0n) is 6.97. The summed E-state index contributed by atoms with van der Waals surface area (Å²) in [5, 5.41) is 19.1. The van der Waals surface area contributed by atoms with Crippen LogP contribution in [0, 0.1) is 21.4 Å². The molecule has 0 amide bonds. The number of fused-ring (bicyclic) bond motifs is 1. The van der Waals surface area contributed by atoms with Gasteiger partial charge in [0.15, 0.2) is 0 Å². The Labute approximate surface area is 80.1 Å². The van der Waals surface area contributed by atoms with Gasteiger partial charge in [0, 0.05) is 17.7 Å². The van der Waals surface area contributed by atoms with E-state index in [1.165, 1.54) is 19.5 Å². The third-order valence-electron chi connectivity index (χ3n) is 1.94. The molecule has 0 aliphatic carbocycles. The van der Waals surface area contributed by atoms with Gasteiger partial charge in [0.25, 0.3) is 5.69 Å². The molecular weight excluding hydrogens is 181 g/mol. The zero-order valence-corrected chi connectivity index (χ0v) is 6.97. The van der Waals surface area contributed by atoms with Gasteiger partial charge in [0.2, 0.25) is 0 Å². The summed E-state index contributed by atoms with van der Waals surface area (Å²) in [7, 11) is 1.53. The lowest BCUT2D eigenvalue weighted by molar-refractivity contribution is -0.384. The van der Waals surface area contributed by atoms with Crippen molar-refractivity contribution in [2.45, 2.75) is 0 Å². The number of hydrogen-bond acceptors (Lipinski definition) is 4. The van der Waals surface area contributed by atoms with E-state index in [1.54, 1.807) is 6.07 Å². The number of nitrogens with zero attached hydrogens (tertiary/aromatic N) is 3. The molecule has 0 saturated carbocycles. The van der Waals surface area contributed by atoms with Gasteiger partial charge >= 0.3 is 7.41 Å². The van der Waals surface area contributed by atoms with Crippen LogP contribution in [0.5, 0.6) is 0 Å².